The largest absolute Gasteiger partial charge is 0.371 e. The Morgan fingerprint density at radius 1 is 1.31 bits per heavy atom. The van der Waals surface area contributed by atoms with Crippen molar-refractivity contribution >= 4 is 17.4 Å². The zero-order valence-electron chi connectivity index (χ0n) is 10.2. The molecule has 4 heteroatoms. The number of carbonyl (C=O) groups excluding carboxylic acids is 1. The van der Waals surface area contributed by atoms with Crippen molar-refractivity contribution in [2.75, 3.05) is 23.3 Å². The highest BCUT2D eigenvalue weighted by Crippen LogP contribution is 2.14. The fourth-order valence-electron chi connectivity index (χ4n) is 1.47. The molecule has 0 bridgehead atoms. The van der Waals surface area contributed by atoms with Crippen molar-refractivity contribution in [3.05, 3.63) is 18.3 Å². The number of pyridine rings is 1. The van der Waals surface area contributed by atoms with Crippen LogP contribution in [-0.2, 0) is 4.79 Å². The predicted octanol–water partition coefficient (Wildman–Crippen LogP) is 2.28. The molecule has 0 saturated carbocycles. The van der Waals surface area contributed by atoms with Crippen LogP contribution in [0.15, 0.2) is 18.3 Å². The summed E-state index contributed by atoms with van der Waals surface area (Å²) < 4.78 is 0. The van der Waals surface area contributed by atoms with E-state index in [9.17, 15) is 4.79 Å². The van der Waals surface area contributed by atoms with E-state index in [2.05, 4.69) is 29.0 Å². The Labute approximate surface area is 96.7 Å². The first-order chi connectivity index (χ1) is 7.71. The van der Waals surface area contributed by atoms with Crippen LogP contribution in [-0.4, -0.2) is 24.0 Å². The lowest BCUT2D eigenvalue weighted by Crippen LogP contribution is -2.22. The minimum atomic E-state index is -0.0110. The summed E-state index contributed by atoms with van der Waals surface area (Å²) in [6, 6.07) is 3.81. The summed E-state index contributed by atoms with van der Waals surface area (Å²) in [6.45, 7) is 7.95. The van der Waals surface area contributed by atoms with Gasteiger partial charge in [0, 0.05) is 19.5 Å². The Kier molecular flexibility index (Phi) is 4.76. The van der Waals surface area contributed by atoms with Gasteiger partial charge in [0.25, 0.3) is 0 Å². The highest BCUT2D eigenvalue weighted by Gasteiger charge is 2.03. The quantitative estimate of drug-likeness (QED) is 0.829. The van der Waals surface area contributed by atoms with Crippen molar-refractivity contribution in [2.24, 2.45) is 0 Å². The molecule has 1 heterocycles. The van der Waals surface area contributed by atoms with E-state index in [1.807, 2.05) is 19.1 Å². The van der Waals surface area contributed by atoms with Crippen LogP contribution in [0.25, 0.3) is 0 Å². The van der Waals surface area contributed by atoms with Gasteiger partial charge in [-0.1, -0.05) is 6.92 Å². The third-order valence-electron chi connectivity index (χ3n) is 2.47. The topological polar surface area (TPSA) is 45.2 Å². The normalized spacial score (nSPS) is 9.94. The average Bonchev–Trinajstić information content (AvgIpc) is 2.32. The van der Waals surface area contributed by atoms with E-state index in [1.165, 1.54) is 0 Å². The lowest BCUT2D eigenvalue weighted by molar-refractivity contribution is -0.115. The number of rotatable bonds is 5. The molecule has 88 valence electrons. The van der Waals surface area contributed by atoms with E-state index in [1.54, 1.807) is 6.20 Å². The van der Waals surface area contributed by atoms with Crippen molar-refractivity contribution in [1.82, 2.24) is 4.98 Å². The highest BCUT2D eigenvalue weighted by atomic mass is 16.1. The van der Waals surface area contributed by atoms with Crippen LogP contribution < -0.4 is 10.2 Å². The van der Waals surface area contributed by atoms with Gasteiger partial charge in [0.2, 0.25) is 5.91 Å². The maximum Gasteiger partial charge on any atom is 0.225 e. The molecular formula is C12H19N3O. The highest BCUT2D eigenvalue weighted by molar-refractivity contribution is 5.89. The maximum absolute atomic E-state index is 11.2. The molecule has 1 rings (SSSR count). The van der Waals surface area contributed by atoms with Gasteiger partial charge < -0.3 is 10.2 Å². The van der Waals surface area contributed by atoms with Crippen molar-refractivity contribution < 1.29 is 4.79 Å². The van der Waals surface area contributed by atoms with Crippen molar-refractivity contribution in [3.63, 3.8) is 0 Å². The Morgan fingerprint density at radius 2 is 2.00 bits per heavy atom. The van der Waals surface area contributed by atoms with Crippen molar-refractivity contribution in [3.8, 4) is 0 Å². The number of carbonyl (C=O) groups is 1. The summed E-state index contributed by atoms with van der Waals surface area (Å²) in [5.41, 5.74) is 1.08. The fourth-order valence-corrected chi connectivity index (χ4v) is 1.47. The van der Waals surface area contributed by atoms with Gasteiger partial charge in [-0.2, -0.15) is 0 Å². The molecule has 0 aromatic carbocycles. The molecular weight excluding hydrogens is 202 g/mol. The van der Waals surface area contributed by atoms with Gasteiger partial charge in [-0.15, -0.1) is 0 Å². The molecule has 0 aliphatic carbocycles. The van der Waals surface area contributed by atoms with E-state index >= 15 is 0 Å². The number of nitrogens with one attached hydrogen (secondary N) is 1. The van der Waals surface area contributed by atoms with Crippen LogP contribution in [0.4, 0.5) is 11.5 Å². The molecule has 4 nitrogen and oxygen atoms in total. The average molecular weight is 221 g/mol. The zero-order chi connectivity index (χ0) is 12.0. The second kappa shape index (κ2) is 6.10. The summed E-state index contributed by atoms with van der Waals surface area (Å²) >= 11 is 0. The third kappa shape index (κ3) is 3.22. The Morgan fingerprint density at radius 3 is 2.44 bits per heavy atom. The predicted molar refractivity (Wildman–Crippen MR) is 66.7 cm³/mol. The first-order valence-electron chi connectivity index (χ1n) is 5.72. The maximum atomic E-state index is 11.2. The molecule has 0 spiro atoms. The first kappa shape index (κ1) is 12.5. The Balaban J connectivity index is 2.70. The molecule has 0 fully saturated rings. The van der Waals surface area contributed by atoms with Crippen molar-refractivity contribution in [1.29, 1.82) is 0 Å². The number of amides is 1. The molecule has 0 radical (unpaired) electrons. The standard InChI is InChI=1S/C12H19N3O/c1-4-12(16)14-11-8-7-10(9-13-11)15(5-2)6-3/h7-9H,4-6H2,1-3H3,(H,13,14,16). The van der Waals surface area contributed by atoms with E-state index in [4.69, 9.17) is 0 Å². The lowest BCUT2D eigenvalue weighted by atomic mass is 10.3. The van der Waals surface area contributed by atoms with E-state index in [-0.39, 0.29) is 5.91 Å². The van der Waals surface area contributed by atoms with Crippen LogP contribution in [0.2, 0.25) is 0 Å². The summed E-state index contributed by atoms with van der Waals surface area (Å²) in [5, 5.41) is 2.73. The number of anilines is 2. The molecule has 1 aromatic rings. The van der Waals surface area contributed by atoms with Crippen molar-refractivity contribution in [2.45, 2.75) is 27.2 Å². The van der Waals surface area contributed by atoms with Gasteiger partial charge in [0.15, 0.2) is 0 Å². The van der Waals surface area contributed by atoms with E-state index in [0.717, 1.165) is 18.8 Å². The van der Waals surface area contributed by atoms with Gasteiger partial charge in [-0.3, -0.25) is 4.79 Å². The minimum Gasteiger partial charge on any atom is -0.371 e. The lowest BCUT2D eigenvalue weighted by Gasteiger charge is -2.20. The number of aromatic nitrogens is 1. The third-order valence-corrected chi connectivity index (χ3v) is 2.47. The smallest absolute Gasteiger partial charge is 0.225 e. The van der Waals surface area contributed by atoms with Crippen LogP contribution in [0.1, 0.15) is 27.2 Å². The van der Waals surface area contributed by atoms with Crippen LogP contribution >= 0.6 is 0 Å². The summed E-state index contributed by atoms with van der Waals surface area (Å²) in [5.74, 6) is 0.603. The molecule has 0 aliphatic rings. The van der Waals surface area contributed by atoms with Gasteiger partial charge >= 0.3 is 0 Å². The summed E-state index contributed by atoms with van der Waals surface area (Å²) in [7, 11) is 0. The van der Waals surface area contributed by atoms with Gasteiger partial charge in [0.05, 0.1) is 11.9 Å². The molecule has 0 atom stereocenters. The van der Waals surface area contributed by atoms with Crippen LogP contribution in [0, 0.1) is 0 Å². The van der Waals surface area contributed by atoms with Crippen LogP contribution in [0.5, 0.6) is 0 Å². The molecule has 0 unspecified atom stereocenters. The molecule has 1 amide bonds. The minimum absolute atomic E-state index is 0.0110. The zero-order valence-corrected chi connectivity index (χ0v) is 10.2. The van der Waals surface area contributed by atoms with Crippen LogP contribution in [0.3, 0.4) is 0 Å². The SMILES string of the molecule is CCC(=O)Nc1ccc(N(CC)CC)cn1. The Bertz CT molecular complexity index is 331. The summed E-state index contributed by atoms with van der Waals surface area (Å²) in [6.07, 6.45) is 2.26. The summed E-state index contributed by atoms with van der Waals surface area (Å²) in [4.78, 5) is 17.6. The van der Waals surface area contributed by atoms with Gasteiger partial charge in [-0.05, 0) is 26.0 Å². The van der Waals surface area contributed by atoms with E-state index < -0.39 is 0 Å². The Hall–Kier alpha value is -1.58. The molecule has 0 aliphatic heterocycles. The van der Waals surface area contributed by atoms with Gasteiger partial charge in [0.1, 0.15) is 5.82 Å². The molecule has 16 heavy (non-hydrogen) atoms. The number of hydrogen-bond donors (Lipinski definition) is 1. The molecule has 1 N–H and O–H groups in total. The number of nitrogens with zero attached hydrogens (tertiary/aromatic N) is 2. The monoisotopic (exact) mass is 221 g/mol. The second-order valence-electron chi connectivity index (χ2n) is 3.48. The second-order valence-corrected chi connectivity index (χ2v) is 3.48. The molecule has 1 aromatic heterocycles. The van der Waals surface area contributed by atoms with Gasteiger partial charge in [-0.25, -0.2) is 4.98 Å². The van der Waals surface area contributed by atoms with E-state index in [0.29, 0.717) is 12.2 Å². The number of hydrogen-bond acceptors (Lipinski definition) is 3. The first-order valence-corrected chi connectivity index (χ1v) is 5.72. The molecule has 0 saturated heterocycles. The fraction of sp³-hybridized carbons (Fsp3) is 0.500.